The number of nitrogens with one attached hydrogen (secondary N) is 3. The van der Waals surface area contributed by atoms with E-state index in [9.17, 15) is 34.2 Å². The Hall–Kier alpha value is -5.13. The third-order valence-corrected chi connectivity index (χ3v) is 5.91. The average molecular weight is 608 g/mol. The van der Waals surface area contributed by atoms with Crippen molar-refractivity contribution in [1.29, 1.82) is 0 Å². The number of carboxylic acids is 1. The van der Waals surface area contributed by atoms with Crippen LogP contribution in [0.5, 0.6) is 5.75 Å². The summed E-state index contributed by atoms with van der Waals surface area (Å²) >= 11 is 0. The first-order valence-electron chi connectivity index (χ1n) is 13.3. The normalized spacial score (nSPS) is 13.3. The Bertz CT molecular complexity index is 1170. The molecule has 4 unspecified atom stereocenters. The molecule has 0 saturated heterocycles. The summed E-state index contributed by atoms with van der Waals surface area (Å²) < 4.78 is 0. The number of aromatic hydroxyl groups is 1. The van der Waals surface area contributed by atoms with Gasteiger partial charge in [0.15, 0.2) is 11.9 Å². The van der Waals surface area contributed by atoms with Gasteiger partial charge in [0.05, 0.1) is 12.5 Å². The number of nitrogens with two attached hydrogens (primary N) is 6. The third-order valence-electron chi connectivity index (χ3n) is 5.91. The van der Waals surface area contributed by atoms with E-state index in [1.807, 2.05) is 0 Å². The molecule has 0 radical (unpaired) electrons. The summed E-state index contributed by atoms with van der Waals surface area (Å²) in [6.45, 7) is 0.230. The number of amides is 4. The smallest absolute Gasteiger partial charge is 0.326 e. The number of phenols is 1. The summed E-state index contributed by atoms with van der Waals surface area (Å²) in [4.78, 5) is 69.8. The van der Waals surface area contributed by atoms with E-state index in [4.69, 9.17) is 34.4 Å². The van der Waals surface area contributed by atoms with Gasteiger partial charge in [-0.3, -0.25) is 29.2 Å². The first-order valence-corrected chi connectivity index (χ1v) is 13.3. The van der Waals surface area contributed by atoms with Crippen molar-refractivity contribution in [3.63, 3.8) is 0 Å². The van der Waals surface area contributed by atoms with E-state index in [-0.39, 0.29) is 62.9 Å². The van der Waals surface area contributed by atoms with Gasteiger partial charge in [0.2, 0.25) is 23.6 Å². The maximum absolute atomic E-state index is 13.4. The maximum Gasteiger partial charge on any atom is 0.326 e. The van der Waals surface area contributed by atoms with E-state index >= 15 is 0 Å². The van der Waals surface area contributed by atoms with E-state index in [0.29, 0.717) is 5.56 Å². The highest BCUT2D eigenvalue weighted by molar-refractivity contribution is 5.95. The molecule has 4 amide bonds. The Morgan fingerprint density at radius 3 is 1.58 bits per heavy atom. The molecule has 0 spiro atoms. The lowest BCUT2D eigenvalue weighted by Gasteiger charge is -2.25. The van der Waals surface area contributed by atoms with Crippen LogP contribution in [-0.4, -0.2) is 89.0 Å². The van der Waals surface area contributed by atoms with Crippen molar-refractivity contribution in [2.24, 2.45) is 44.4 Å². The fourth-order valence-corrected chi connectivity index (χ4v) is 3.75. The average Bonchev–Trinajstić information content (AvgIpc) is 2.91. The van der Waals surface area contributed by atoms with Gasteiger partial charge in [-0.05, 0) is 49.8 Å². The van der Waals surface area contributed by atoms with Gasteiger partial charge in [0.1, 0.15) is 23.9 Å². The summed E-state index contributed by atoms with van der Waals surface area (Å²) in [5.74, 6) is -5.15. The number of carbonyl (C=O) groups excluding carboxylic acids is 4. The molecule has 0 heterocycles. The Labute approximate surface area is 247 Å². The van der Waals surface area contributed by atoms with E-state index < -0.39 is 60.2 Å². The lowest BCUT2D eigenvalue weighted by molar-refractivity contribution is -0.143. The van der Waals surface area contributed by atoms with Crippen LogP contribution in [0.3, 0.4) is 0 Å². The standard InChI is InChI=1S/C25H41N11O7/c26-15(11-13-5-7-14(37)8-6-13)20(39)34-16(3-1-9-32-24(28)29)21(40)35-17(4-2-10-33-25(30)31)22(41)36-18(23(42)43)12-19(27)38/h5-8,15-18,37H,1-4,9-12,26H2,(H2,27,38)(H,34,39)(H,35,40)(H,36,41)(H,42,43)(H4,28,29,32)(H4,30,31,33). The third kappa shape index (κ3) is 14.9. The van der Waals surface area contributed by atoms with Gasteiger partial charge in [-0.25, -0.2) is 4.79 Å². The Kier molecular flexibility index (Phi) is 15.3. The molecule has 43 heavy (non-hydrogen) atoms. The Balaban J connectivity index is 3.12. The minimum absolute atomic E-state index is 0.0354. The second kappa shape index (κ2) is 18.3. The molecule has 238 valence electrons. The van der Waals surface area contributed by atoms with E-state index in [2.05, 4.69) is 25.9 Å². The molecule has 0 fully saturated rings. The largest absolute Gasteiger partial charge is 0.508 e. The fraction of sp³-hybridized carbons (Fsp3) is 0.480. The van der Waals surface area contributed by atoms with E-state index in [1.165, 1.54) is 12.1 Å². The number of hydrogen-bond acceptors (Lipinski definition) is 9. The highest BCUT2D eigenvalue weighted by atomic mass is 16.4. The van der Waals surface area contributed by atoms with Crippen LogP contribution in [0.15, 0.2) is 34.3 Å². The zero-order chi connectivity index (χ0) is 32.5. The van der Waals surface area contributed by atoms with Crippen LogP contribution in [0, 0.1) is 0 Å². The lowest BCUT2D eigenvalue weighted by Crippen LogP contribution is -2.57. The molecule has 1 rings (SSSR count). The van der Waals surface area contributed by atoms with Gasteiger partial charge < -0.3 is 60.6 Å². The number of hydrogen-bond donors (Lipinski definition) is 11. The molecule has 0 saturated carbocycles. The van der Waals surface area contributed by atoms with Crippen molar-refractivity contribution < 1.29 is 34.2 Å². The SMILES string of the molecule is NC(=O)CC(NC(=O)C(CCCN=C(N)N)NC(=O)C(CCCN=C(N)N)NC(=O)C(N)Cc1ccc(O)cc1)C(=O)O. The molecule has 17 N–H and O–H groups in total. The van der Waals surface area contributed by atoms with Gasteiger partial charge in [-0.15, -0.1) is 0 Å². The zero-order valence-corrected chi connectivity index (χ0v) is 23.6. The molecule has 1 aromatic rings. The number of phenolic OH excluding ortho intramolecular Hbond substituents is 1. The lowest BCUT2D eigenvalue weighted by atomic mass is 10.0. The molecule has 0 aromatic heterocycles. The molecule has 0 aliphatic rings. The molecule has 18 nitrogen and oxygen atoms in total. The summed E-state index contributed by atoms with van der Waals surface area (Å²) in [6, 6.07) is 0.858. The maximum atomic E-state index is 13.4. The van der Waals surface area contributed by atoms with Gasteiger partial charge in [0, 0.05) is 13.1 Å². The van der Waals surface area contributed by atoms with Gasteiger partial charge in [0.25, 0.3) is 0 Å². The van der Waals surface area contributed by atoms with Crippen molar-refractivity contribution in [3.8, 4) is 5.75 Å². The van der Waals surface area contributed by atoms with Crippen molar-refractivity contribution in [1.82, 2.24) is 16.0 Å². The molecule has 0 aliphatic carbocycles. The minimum Gasteiger partial charge on any atom is -0.508 e. The number of aliphatic imine (C=N–C) groups is 2. The summed E-state index contributed by atoms with van der Waals surface area (Å²) in [5.41, 5.74) is 33.1. The van der Waals surface area contributed by atoms with Crippen LogP contribution < -0.4 is 50.4 Å². The molecular weight excluding hydrogens is 566 g/mol. The van der Waals surface area contributed by atoms with Crippen molar-refractivity contribution in [3.05, 3.63) is 29.8 Å². The molecule has 0 aliphatic heterocycles. The van der Waals surface area contributed by atoms with Crippen molar-refractivity contribution in [2.45, 2.75) is 62.7 Å². The first kappa shape index (κ1) is 35.9. The van der Waals surface area contributed by atoms with Crippen molar-refractivity contribution >= 4 is 41.5 Å². The summed E-state index contributed by atoms with van der Waals surface area (Å²) in [6.07, 6.45) is -0.124. The molecule has 1 aromatic carbocycles. The predicted octanol–water partition coefficient (Wildman–Crippen LogP) is -4.22. The predicted molar refractivity (Wildman–Crippen MR) is 157 cm³/mol. The van der Waals surface area contributed by atoms with Crippen molar-refractivity contribution in [2.75, 3.05) is 13.1 Å². The first-order chi connectivity index (χ1) is 20.2. The van der Waals surface area contributed by atoms with Gasteiger partial charge in [-0.1, -0.05) is 12.1 Å². The van der Waals surface area contributed by atoms with Crippen LogP contribution >= 0.6 is 0 Å². The number of aliphatic carboxylic acids is 1. The number of carbonyl (C=O) groups is 5. The fourth-order valence-electron chi connectivity index (χ4n) is 3.75. The van der Waals surface area contributed by atoms with Crippen LogP contribution in [0.1, 0.15) is 37.7 Å². The Morgan fingerprint density at radius 2 is 1.16 bits per heavy atom. The van der Waals surface area contributed by atoms with Gasteiger partial charge >= 0.3 is 5.97 Å². The molecular formula is C25H41N11O7. The zero-order valence-electron chi connectivity index (χ0n) is 23.6. The quantitative estimate of drug-likeness (QED) is 0.0405. The molecule has 4 atom stereocenters. The van der Waals surface area contributed by atoms with Crippen LogP contribution in [-0.2, 0) is 30.4 Å². The Morgan fingerprint density at radius 1 is 0.721 bits per heavy atom. The van der Waals surface area contributed by atoms with Crippen LogP contribution in [0.4, 0.5) is 0 Å². The van der Waals surface area contributed by atoms with E-state index in [0.717, 1.165) is 0 Å². The van der Waals surface area contributed by atoms with Crippen LogP contribution in [0.2, 0.25) is 0 Å². The molecule has 0 bridgehead atoms. The topological polar surface area (TPSA) is 343 Å². The summed E-state index contributed by atoms with van der Waals surface area (Å²) in [5, 5.41) is 26.1. The number of rotatable bonds is 19. The number of primary amides is 1. The number of benzene rings is 1. The minimum atomic E-state index is -1.64. The number of nitrogens with zero attached hydrogens (tertiary/aromatic N) is 2. The highest BCUT2D eigenvalue weighted by Gasteiger charge is 2.30. The van der Waals surface area contributed by atoms with Crippen LogP contribution in [0.25, 0.3) is 0 Å². The second-order valence-corrected chi connectivity index (χ2v) is 9.57. The monoisotopic (exact) mass is 607 g/mol. The van der Waals surface area contributed by atoms with E-state index in [1.54, 1.807) is 12.1 Å². The van der Waals surface area contributed by atoms with Gasteiger partial charge in [-0.2, -0.15) is 0 Å². The number of carboxylic acid groups (broad SMARTS) is 1. The second-order valence-electron chi connectivity index (χ2n) is 9.57. The highest BCUT2D eigenvalue weighted by Crippen LogP contribution is 2.11. The summed E-state index contributed by atoms with van der Waals surface area (Å²) in [7, 11) is 0. The molecule has 18 heteroatoms. The number of guanidine groups is 2.